The SMILES string of the molecule is CCC[C@@H](c1nnnn1CCOC)N(CCCO)Cc1cc2ccc(C)cc2[nH]c1=O. The Morgan fingerprint density at radius 3 is 2.90 bits per heavy atom. The van der Waals surface area contributed by atoms with Crippen LogP contribution in [-0.2, 0) is 17.8 Å². The molecule has 1 aromatic carbocycles. The van der Waals surface area contributed by atoms with Crippen LogP contribution >= 0.6 is 0 Å². The third-order valence-corrected chi connectivity index (χ3v) is 5.42. The van der Waals surface area contributed by atoms with E-state index in [0.717, 1.165) is 35.1 Å². The minimum atomic E-state index is -0.0960. The summed E-state index contributed by atoms with van der Waals surface area (Å²) in [5.74, 6) is 0.754. The van der Waals surface area contributed by atoms with E-state index in [1.807, 2.05) is 31.2 Å². The molecule has 0 bridgehead atoms. The van der Waals surface area contributed by atoms with Gasteiger partial charge in [0.25, 0.3) is 5.56 Å². The zero-order valence-electron chi connectivity index (χ0n) is 18.5. The molecule has 0 saturated carbocycles. The summed E-state index contributed by atoms with van der Waals surface area (Å²) in [6, 6.07) is 7.93. The fourth-order valence-corrected chi connectivity index (χ4v) is 3.85. The van der Waals surface area contributed by atoms with E-state index in [1.54, 1.807) is 11.8 Å². The molecule has 3 rings (SSSR count). The van der Waals surface area contributed by atoms with Crippen LogP contribution in [0.1, 0.15) is 49.2 Å². The summed E-state index contributed by atoms with van der Waals surface area (Å²) in [6.07, 6.45) is 2.37. The fourth-order valence-electron chi connectivity index (χ4n) is 3.85. The van der Waals surface area contributed by atoms with Crippen LogP contribution in [0, 0.1) is 6.92 Å². The highest BCUT2D eigenvalue weighted by Crippen LogP contribution is 2.26. The normalized spacial score (nSPS) is 12.7. The molecular formula is C22H32N6O3. The molecular weight excluding hydrogens is 396 g/mol. The number of ether oxygens (including phenoxy) is 1. The maximum atomic E-state index is 12.8. The minimum Gasteiger partial charge on any atom is -0.396 e. The van der Waals surface area contributed by atoms with E-state index >= 15 is 0 Å². The Morgan fingerprint density at radius 2 is 2.16 bits per heavy atom. The number of tetrazole rings is 1. The van der Waals surface area contributed by atoms with Crippen molar-refractivity contribution in [2.24, 2.45) is 0 Å². The summed E-state index contributed by atoms with van der Waals surface area (Å²) in [7, 11) is 1.65. The average molecular weight is 429 g/mol. The summed E-state index contributed by atoms with van der Waals surface area (Å²) in [5, 5.41) is 22.8. The number of nitrogens with one attached hydrogen (secondary N) is 1. The number of pyridine rings is 1. The first-order valence-corrected chi connectivity index (χ1v) is 10.8. The van der Waals surface area contributed by atoms with Crippen molar-refractivity contribution >= 4 is 10.9 Å². The summed E-state index contributed by atoms with van der Waals surface area (Å²) < 4.78 is 6.95. The molecule has 9 heteroatoms. The molecule has 0 unspecified atom stereocenters. The predicted molar refractivity (Wildman–Crippen MR) is 119 cm³/mol. The third-order valence-electron chi connectivity index (χ3n) is 5.42. The maximum absolute atomic E-state index is 12.8. The molecule has 9 nitrogen and oxygen atoms in total. The van der Waals surface area contributed by atoms with Gasteiger partial charge in [-0.15, -0.1) is 5.10 Å². The summed E-state index contributed by atoms with van der Waals surface area (Å²) in [5.41, 5.74) is 2.53. The van der Waals surface area contributed by atoms with Gasteiger partial charge >= 0.3 is 0 Å². The van der Waals surface area contributed by atoms with Crippen LogP contribution in [0.2, 0.25) is 0 Å². The first kappa shape index (κ1) is 23.1. The van der Waals surface area contributed by atoms with Crippen molar-refractivity contribution in [1.29, 1.82) is 0 Å². The van der Waals surface area contributed by atoms with E-state index in [9.17, 15) is 9.90 Å². The molecule has 2 N–H and O–H groups in total. The number of aromatic nitrogens is 5. The summed E-state index contributed by atoms with van der Waals surface area (Å²) >= 11 is 0. The zero-order chi connectivity index (χ0) is 22.2. The average Bonchev–Trinajstić information content (AvgIpc) is 3.22. The lowest BCUT2D eigenvalue weighted by Gasteiger charge is -2.30. The van der Waals surface area contributed by atoms with Gasteiger partial charge in [0.05, 0.1) is 19.2 Å². The quantitative estimate of drug-likeness (QED) is 0.455. The van der Waals surface area contributed by atoms with Crippen LogP contribution in [0.5, 0.6) is 0 Å². The lowest BCUT2D eigenvalue weighted by Crippen LogP contribution is -2.34. The van der Waals surface area contributed by atoms with E-state index in [-0.39, 0.29) is 18.2 Å². The van der Waals surface area contributed by atoms with Gasteiger partial charge in [-0.2, -0.15) is 0 Å². The van der Waals surface area contributed by atoms with Crippen LogP contribution in [0.4, 0.5) is 0 Å². The molecule has 2 aromatic heterocycles. The number of rotatable bonds is 12. The van der Waals surface area contributed by atoms with Gasteiger partial charge in [-0.25, -0.2) is 4.68 Å². The van der Waals surface area contributed by atoms with Gasteiger partial charge in [0.1, 0.15) is 0 Å². The molecule has 0 aliphatic rings. The van der Waals surface area contributed by atoms with Gasteiger partial charge in [0.15, 0.2) is 5.82 Å². The standard InChI is InChI=1S/C22H32N6O3/c1-4-6-20(21-24-25-26-28(21)10-12-31-3)27(9-5-11-29)15-18-14-17-8-7-16(2)13-19(17)23-22(18)30/h7-8,13-14,20,29H,4-6,9-12,15H2,1-3H3,(H,23,30)/t20-/m0/s1. The molecule has 3 aromatic rings. The molecule has 0 fully saturated rings. The van der Waals surface area contributed by atoms with Crippen molar-refractivity contribution in [1.82, 2.24) is 30.1 Å². The molecule has 168 valence electrons. The van der Waals surface area contributed by atoms with Gasteiger partial charge in [-0.1, -0.05) is 25.5 Å². The van der Waals surface area contributed by atoms with Gasteiger partial charge in [0, 0.05) is 37.9 Å². The first-order valence-electron chi connectivity index (χ1n) is 10.8. The fraction of sp³-hybridized carbons (Fsp3) is 0.545. The second-order valence-corrected chi connectivity index (χ2v) is 7.82. The molecule has 2 heterocycles. The van der Waals surface area contributed by atoms with Crippen molar-refractivity contribution in [2.75, 3.05) is 26.9 Å². The van der Waals surface area contributed by atoms with Gasteiger partial charge < -0.3 is 14.8 Å². The number of aryl methyl sites for hydroxylation is 1. The van der Waals surface area contributed by atoms with Crippen LogP contribution in [0.3, 0.4) is 0 Å². The number of aliphatic hydroxyl groups is 1. The number of nitrogens with zero attached hydrogens (tertiary/aromatic N) is 5. The van der Waals surface area contributed by atoms with Gasteiger partial charge in [-0.05, 0) is 53.3 Å². The van der Waals surface area contributed by atoms with E-state index in [4.69, 9.17) is 4.74 Å². The minimum absolute atomic E-state index is 0.0727. The van der Waals surface area contributed by atoms with Crippen molar-refractivity contribution in [3.63, 3.8) is 0 Å². The van der Waals surface area contributed by atoms with Crippen molar-refractivity contribution in [3.05, 3.63) is 51.6 Å². The molecule has 0 aliphatic carbocycles. The summed E-state index contributed by atoms with van der Waals surface area (Å²) in [4.78, 5) is 18.0. The molecule has 0 spiro atoms. The van der Waals surface area contributed by atoms with E-state index in [1.165, 1.54) is 0 Å². The van der Waals surface area contributed by atoms with Crippen LogP contribution in [0.25, 0.3) is 10.9 Å². The molecule has 1 atom stereocenters. The number of benzene rings is 1. The van der Waals surface area contributed by atoms with Gasteiger partial charge in [0.2, 0.25) is 0 Å². The number of H-pyrrole nitrogens is 1. The van der Waals surface area contributed by atoms with Crippen molar-refractivity contribution in [2.45, 2.75) is 52.2 Å². The Morgan fingerprint density at radius 1 is 1.32 bits per heavy atom. The van der Waals surface area contributed by atoms with E-state index < -0.39 is 0 Å². The Bertz CT molecular complexity index is 1030. The van der Waals surface area contributed by atoms with Crippen LogP contribution < -0.4 is 5.56 Å². The number of hydrogen-bond acceptors (Lipinski definition) is 7. The Hall–Kier alpha value is -2.62. The highest BCUT2D eigenvalue weighted by atomic mass is 16.5. The lowest BCUT2D eigenvalue weighted by molar-refractivity contribution is 0.141. The monoisotopic (exact) mass is 428 g/mol. The highest BCUT2D eigenvalue weighted by Gasteiger charge is 2.26. The Kier molecular flexibility index (Phi) is 8.27. The Labute approximate surface area is 182 Å². The number of hydrogen-bond donors (Lipinski definition) is 2. The number of methoxy groups -OCH3 is 1. The predicted octanol–water partition coefficient (Wildman–Crippen LogP) is 2.20. The van der Waals surface area contributed by atoms with E-state index in [0.29, 0.717) is 38.2 Å². The molecule has 0 aliphatic heterocycles. The van der Waals surface area contributed by atoms with Crippen LogP contribution in [-0.4, -0.2) is 62.1 Å². The molecule has 31 heavy (non-hydrogen) atoms. The molecule has 0 radical (unpaired) electrons. The van der Waals surface area contributed by atoms with E-state index in [2.05, 4.69) is 32.3 Å². The van der Waals surface area contributed by atoms with Gasteiger partial charge in [-0.3, -0.25) is 9.69 Å². The van der Waals surface area contributed by atoms with Crippen molar-refractivity contribution in [3.8, 4) is 0 Å². The maximum Gasteiger partial charge on any atom is 0.252 e. The molecule has 0 saturated heterocycles. The second kappa shape index (κ2) is 11.1. The first-order chi connectivity index (χ1) is 15.1. The number of aromatic amines is 1. The smallest absolute Gasteiger partial charge is 0.252 e. The summed E-state index contributed by atoms with van der Waals surface area (Å²) in [6.45, 7) is 6.35. The number of fused-ring (bicyclic) bond motifs is 1. The lowest BCUT2D eigenvalue weighted by atomic mass is 10.1. The topological polar surface area (TPSA) is 109 Å². The largest absolute Gasteiger partial charge is 0.396 e. The van der Waals surface area contributed by atoms with Crippen LogP contribution in [0.15, 0.2) is 29.1 Å². The second-order valence-electron chi connectivity index (χ2n) is 7.82. The Balaban J connectivity index is 1.95. The third kappa shape index (κ3) is 5.75. The van der Waals surface area contributed by atoms with Crippen molar-refractivity contribution < 1.29 is 9.84 Å². The zero-order valence-corrected chi connectivity index (χ0v) is 18.5. The number of aliphatic hydroxyl groups excluding tert-OH is 1. The highest BCUT2D eigenvalue weighted by molar-refractivity contribution is 5.79. The molecule has 0 amide bonds.